The molecular weight excluding hydrogens is 374 g/mol. The average molecular weight is 410 g/mol. The summed E-state index contributed by atoms with van der Waals surface area (Å²) in [4.78, 5) is 4.98. The summed E-state index contributed by atoms with van der Waals surface area (Å²) in [6, 6.07) is 7.55. The minimum Gasteiger partial charge on any atom is -0.359 e. The van der Waals surface area contributed by atoms with Gasteiger partial charge in [-0.15, -0.1) is 0 Å². The SMILES string of the molecule is Cc1ccc(S(=O)(=O)N2CCC3(CC2)OCC(CCCCN(C)C)N3C)cc1. The molecule has 0 amide bonds. The zero-order valence-electron chi connectivity index (χ0n) is 17.7. The smallest absolute Gasteiger partial charge is 0.243 e. The van der Waals surface area contributed by atoms with E-state index in [1.807, 2.05) is 19.1 Å². The summed E-state index contributed by atoms with van der Waals surface area (Å²) in [6.45, 7) is 4.85. The first-order valence-corrected chi connectivity index (χ1v) is 11.8. The van der Waals surface area contributed by atoms with Gasteiger partial charge >= 0.3 is 0 Å². The molecule has 7 heteroatoms. The van der Waals surface area contributed by atoms with E-state index in [2.05, 4.69) is 30.9 Å². The summed E-state index contributed by atoms with van der Waals surface area (Å²) >= 11 is 0. The number of piperidine rings is 1. The van der Waals surface area contributed by atoms with Gasteiger partial charge in [-0.05, 0) is 59.6 Å². The van der Waals surface area contributed by atoms with E-state index in [0.29, 0.717) is 24.0 Å². The highest BCUT2D eigenvalue weighted by Gasteiger charge is 2.48. The number of benzene rings is 1. The molecule has 1 spiro atoms. The van der Waals surface area contributed by atoms with Crippen LogP contribution in [0.3, 0.4) is 0 Å². The third-order valence-electron chi connectivity index (χ3n) is 6.29. The van der Waals surface area contributed by atoms with Crippen LogP contribution in [0.1, 0.15) is 37.7 Å². The quantitative estimate of drug-likeness (QED) is 0.648. The van der Waals surface area contributed by atoms with Gasteiger partial charge in [-0.2, -0.15) is 4.31 Å². The molecule has 1 unspecified atom stereocenters. The van der Waals surface area contributed by atoms with E-state index >= 15 is 0 Å². The maximum absolute atomic E-state index is 12.9. The first-order valence-electron chi connectivity index (χ1n) is 10.3. The third kappa shape index (κ3) is 4.60. The van der Waals surface area contributed by atoms with Gasteiger partial charge in [-0.3, -0.25) is 4.90 Å². The number of aryl methyl sites for hydroxylation is 1. The summed E-state index contributed by atoms with van der Waals surface area (Å²) in [5, 5.41) is 0. The maximum Gasteiger partial charge on any atom is 0.243 e. The number of rotatable bonds is 7. The molecule has 6 nitrogen and oxygen atoms in total. The number of nitrogens with zero attached hydrogens (tertiary/aromatic N) is 3. The number of likely N-dealkylation sites (N-methyl/N-ethyl adjacent to an activating group) is 1. The van der Waals surface area contributed by atoms with Gasteiger partial charge in [0.25, 0.3) is 0 Å². The van der Waals surface area contributed by atoms with E-state index in [9.17, 15) is 8.42 Å². The van der Waals surface area contributed by atoms with E-state index in [4.69, 9.17) is 4.74 Å². The predicted molar refractivity (Wildman–Crippen MR) is 112 cm³/mol. The maximum atomic E-state index is 12.9. The molecule has 158 valence electrons. The summed E-state index contributed by atoms with van der Waals surface area (Å²) in [5.41, 5.74) is 0.764. The zero-order chi connectivity index (χ0) is 20.4. The Hall–Kier alpha value is -0.990. The van der Waals surface area contributed by atoms with Crippen LogP contribution in [-0.4, -0.2) is 81.7 Å². The third-order valence-corrected chi connectivity index (χ3v) is 8.20. The molecule has 1 atom stereocenters. The van der Waals surface area contributed by atoms with E-state index in [1.165, 1.54) is 12.8 Å². The van der Waals surface area contributed by atoms with Crippen LogP contribution in [0.5, 0.6) is 0 Å². The van der Waals surface area contributed by atoms with Crippen LogP contribution in [0.2, 0.25) is 0 Å². The normalized spacial score (nSPS) is 23.7. The Morgan fingerprint density at radius 3 is 2.39 bits per heavy atom. The second-order valence-corrected chi connectivity index (χ2v) is 10.5. The van der Waals surface area contributed by atoms with E-state index in [-0.39, 0.29) is 5.72 Å². The molecule has 28 heavy (non-hydrogen) atoms. The summed E-state index contributed by atoms with van der Waals surface area (Å²) in [5.74, 6) is 0. The molecule has 0 saturated carbocycles. The second kappa shape index (κ2) is 8.79. The molecule has 2 aliphatic rings. The van der Waals surface area contributed by atoms with Gasteiger partial charge in [0.2, 0.25) is 10.0 Å². The second-order valence-electron chi connectivity index (χ2n) is 8.54. The van der Waals surface area contributed by atoms with Gasteiger partial charge in [0.05, 0.1) is 11.5 Å². The van der Waals surface area contributed by atoms with Gasteiger partial charge in [0.1, 0.15) is 5.72 Å². The Morgan fingerprint density at radius 2 is 1.79 bits per heavy atom. The Kier molecular flexibility index (Phi) is 6.82. The summed E-state index contributed by atoms with van der Waals surface area (Å²) < 4.78 is 33.8. The van der Waals surface area contributed by atoms with Crippen molar-refractivity contribution in [1.82, 2.24) is 14.1 Å². The highest BCUT2D eigenvalue weighted by Crippen LogP contribution is 2.38. The van der Waals surface area contributed by atoms with Crippen molar-refractivity contribution in [3.8, 4) is 0 Å². The van der Waals surface area contributed by atoms with Crippen LogP contribution in [0.4, 0.5) is 0 Å². The van der Waals surface area contributed by atoms with Gasteiger partial charge in [0.15, 0.2) is 0 Å². The predicted octanol–water partition coefficient (Wildman–Crippen LogP) is 2.54. The molecule has 2 fully saturated rings. The molecule has 0 N–H and O–H groups in total. The lowest BCUT2D eigenvalue weighted by Gasteiger charge is -2.42. The Bertz CT molecular complexity index is 741. The molecule has 2 heterocycles. The minimum atomic E-state index is -3.43. The van der Waals surface area contributed by atoms with Gasteiger partial charge < -0.3 is 9.64 Å². The highest BCUT2D eigenvalue weighted by molar-refractivity contribution is 7.89. The first kappa shape index (κ1) is 21.7. The number of hydrogen-bond donors (Lipinski definition) is 0. The van der Waals surface area contributed by atoms with Crippen LogP contribution in [-0.2, 0) is 14.8 Å². The molecule has 0 radical (unpaired) electrons. The van der Waals surface area contributed by atoms with Crippen LogP contribution < -0.4 is 0 Å². The van der Waals surface area contributed by atoms with E-state index < -0.39 is 10.0 Å². The van der Waals surface area contributed by atoms with Crippen molar-refractivity contribution in [3.05, 3.63) is 29.8 Å². The fraction of sp³-hybridized carbons (Fsp3) is 0.714. The Morgan fingerprint density at radius 1 is 1.14 bits per heavy atom. The topological polar surface area (TPSA) is 53.1 Å². The van der Waals surface area contributed by atoms with Gasteiger partial charge in [-0.1, -0.05) is 24.1 Å². The molecular formula is C21H35N3O3S. The molecule has 0 aliphatic carbocycles. The summed E-state index contributed by atoms with van der Waals surface area (Å²) in [6.07, 6.45) is 4.98. The molecule has 1 aromatic rings. The monoisotopic (exact) mass is 409 g/mol. The Balaban J connectivity index is 1.56. The molecule has 1 aromatic carbocycles. The van der Waals surface area contributed by atoms with Crippen molar-refractivity contribution in [2.24, 2.45) is 0 Å². The van der Waals surface area contributed by atoms with Crippen LogP contribution in [0.15, 0.2) is 29.2 Å². The molecule has 0 bridgehead atoms. The molecule has 2 aliphatic heterocycles. The van der Waals surface area contributed by atoms with Crippen molar-refractivity contribution < 1.29 is 13.2 Å². The number of ether oxygens (including phenoxy) is 1. The lowest BCUT2D eigenvalue weighted by molar-refractivity contribution is -0.104. The highest BCUT2D eigenvalue weighted by atomic mass is 32.2. The molecule has 0 aromatic heterocycles. The van der Waals surface area contributed by atoms with Gasteiger partial charge in [-0.25, -0.2) is 8.42 Å². The van der Waals surface area contributed by atoms with Crippen molar-refractivity contribution in [2.75, 3.05) is 47.4 Å². The van der Waals surface area contributed by atoms with E-state index in [1.54, 1.807) is 16.4 Å². The van der Waals surface area contributed by atoms with Gasteiger partial charge in [0, 0.05) is 32.0 Å². The van der Waals surface area contributed by atoms with Crippen LogP contribution in [0.25, 0.3) is 0 Å². The largest absolute Gasteiger partial charge is 0.359 e. The zero-order valence-corrected chi connectivity index (χ0v) is 18.5. The van der Waals surface area contributed by atoms with E-state index in [0.717, 1.165) is 38.0 Å². The first-order chi connectivity index (χ1) is 13.2. The van der Waals surface area contributed by atoms with Crippen LogP contribution >= 0.6 is 0 Å². The Labute approximate surface area is 170 Å². The fourth-order valence-electron chi connectivity index (χ4n) is 4.31. The minimum absolute atomic E-state index is 0.300. The number of unbranched alkanes of at least 4 members (excludes halogenated alkanes) is 1. The lowest BCUT2D eigenvalue weighted by Crippen LogP contribution is -2.54. The number of sulfonamides is 1. The van der Waals surface area contributed by atoms with Crippen molar-refractivity contribution in [1.29, 1.82) is 0 Å². The standard InChI is InChI=1S/C21H35N3O3S/c1-18-8-10-20(11-9-18)28(25,26)24-15-12-21(13-16-24)23(4)19(17-27-21)7-5-6-14-22(2)3/h8-11,19H,5-7,12-17H2,1-4H3. The molecule has 2 saturated heterocycles. The van der Waals surface area contributed by atoms with Crippen molar-refractivity contribution in [3.63, 3.8) is 0 Å². The van der Waals surface area contributed by atoms with Crippen molar-refractivity contribution >= 4 is 10.0 Å². The lowest BCUT2D eigenvalue weighted by atomic mass is 9.99. The van der Waals surface area contributed by atoms with Crippen molar-refractivity contribution in [2.45, 2.75) is 55.7 Å². The molecule has 3 rings (SSSR count). The average Bonchev–Trinajstić information content (AvgIpc) is 2.95. The summed E-state index contributed by atoms with van der Waals surface area (Å²) in [7, 11) is 2.94. The van der Waals surface area contributed by atoms with Crippen LogP contribution in [0, 0.1) is 6.92 Å². The fourth-order valence-corrected chi connectivity index (χ4v) is 5.76. The number of hydrogen-bond acceptors (Lipinski definition) is 5.